The molecule has 1 aromatic heterocycles. The SMILES string of the molecule is O=C(CCCCOc1ccc(OCc2cccc(F)c2)cc1)NCc1ccncc1. The Morgan fingerprint density at radius 3 is 2.37 bits per heavy atom. The molecule has 6 heteroatoms. The Morgan fingerprint density at radius 2 is 1.63 bits per heavy atom. The highest BCUT2D eigenvalue weighted by molar-refractivity contribution is 5.75. The third-order valence-electron chi connectivity index (χ3n) is 4.42. The molecule has 30 heavy (non-hydrogen) atoms. The average molecular weight is 408 g/mol. The van der Waals surface area contributed by atoms with Crippen molar-refractivity contribution >= 4 is 5.91 Å². The molecule has 0 fully saturated rings. The van der Waals surface area contributed by atoms with E-state index in [0.29, 0.717) is 31.9 Å². The zero-order valence-corrected chi connectivity index (χ0v) is 16.7. The molecule has 1 heterocycles. The average Bonchev–Trinajstić information content (AvgIpc) is 2.78. The van der Waals surface area contributed by atoms with Crippen molar-refractivity contribution in [2.45, 2.75) is 32.4 Å². The Balaban J connectivity index is 1.28. The van der Waals surface area contributed by atoms with Gasteiger partial charge in [-0.25, -0.2) is 4.39 Å². The quantitative estimate of drug-likeness (QED) is 0.469. The van der Waals surface area contributed by atoms with Gasteiger partial charge in [-0.05, 0) is 72.5 Å². The maximum Gasteiger partial charge on any atom is 0.220 e. The van der Waals surface area contributed by atoms with Gasteiger partial charge in [-0.1, -0.05) is 12.1 Å². The van der Waals surface area contributed by atoms with Crippen LogP contribution in [-0.4, -0.2) is 17.5 Å². The molecule has 3 rings (SSSR count). The number of hydrogen-bond acceptors (Lipinski definition) is 4. The van der Waals surface area contributed by atoms with Crippen molar-refractivity contribution in [3.63, 3.8) is 0 Å². The highest BCUT2D eigenvalue weighted by Crippen LogP contribution is 2.19. The lowest BCUT2D eigenvalue weighted by atomic mass is 10.2. The molecule has 0 saturated carbocycles. The minimum Gasteiger partial charge on any atom is -0.494 e. The van der Waals surface area contributed by atoms with Crippen LogP contribution in [0.4, 0.5) is 4.39 Å². The molecule has 0 aliphatic carbocycles. The summed E-state index contributed by atoms with van der Waals surface area (Å²) in [6.07, 6.45) is 5.45. The Kier molecular flexibility index (Phi) is 8.21. The zero-order valence-electron chi connectivity index (χ0n) is 16.7. The second-order valence-corrected chi connectivity index (χ2v) is 6.83. The van der Waals surface area contributed by atoms with Crippen LogP contribution in [0.15, 0.2) is 73.1 Å². The first-order valence-electron chi connectivity index (χ1n) is 9.95. The van der Waals surface area contributed by atoms with Crippen molar-refractivity contribution in [1.82, 2.24) is 10.3 Å². The van der Waals surface area contributed by atoms with Gasteiger partial charge < -0.3 is 14.8 Å². The fourth-order valence-electron chi connectivity index (χ4n) is 2.79. The van der Waals surface area contributed by atoms with Crippen LogP contribution in [0.1, 0.15) is 30.4 Å². The normalized spacial score (nSPS) is 10.4. The van der Waals surface area contributed by atoms with Gasteiger partial charge in [0.2, 0.25) is 5.91 Å². The molecule has 0 aliphatic heterocycles. The van der Waals surface area contributed by atoms with Crippen molar-refractivity contribution in [2.24, 2.45) is 0 Å². The van der Waals surface area contributed by atoms with E-state index in [1.165, 1.54) is 12.1 Å². The summed E-state index contributed by atoms with van der Waals surface area (Å²) in [4.78, 5) is 15.8. The Hall–Kier alpha value is -3.41. The summed E-state index contributed by atoms with van der Waals surface area (Å²) in [5, 5.41) is 2.90. The summed E-state index contributed by atoms with van der Waals surface area (Å²) in [5.74, 6) is 1.20. The van der Waals surface area contributed by atoms with Gasteiger partial charge in [0.05, 0.1) is 6.61 Å². The van der Waals surface area contributed by atoms with Crippen LogP contribution in [0.2, 0.25) is 0 Å². The minimum absolute atomic E-state index is 0.0339. The summed E-state index contributed by atoms with van der Waals surface area (Å²) in [7, 11) is 0. The molecular weight excluding hydrogens is 383 g/mol. The first-order valence-corrected chi connectivity index (χ1v) is 9.95. The molecule has 0 saturated heterocycles. The number of hydrogen-bond donors (Lipinski definition) is 1. The number of halogens is 1. The van der Waals surface area contributed by atoms with Gasteiger partial charge in [0.15, 0.2) is 0 Å². The number of nitrogens with zero attached hydrogens (tertiary/aromatic N) is 1. The van der Waals surface area contributed by atoms with E-state index in [-0.39, 0.29) is 11.7 Å². The molecule has 0 aliphatic rings. The summed E-state index contributed by atoms with van der Waals surface area (Å²) < 4.78 is 24.5. The molecule has 5 nitrogen and oxygen atoms in total. The maximum atomic E-state index is 13.2. The summed E-state index contributed by atoms with van der Waals surface area (Å²) in [6.45, 7) is 1.37. The summed E-state index contributed by atoms with van der Waals surface area (Å²) in [5.41, 5.74) is 1.81. The maximum absolute atomic E-state index is 13.2. The largest absolute Gasteiger partial charge is 0.494 e. The van der Waals surface area contributed by atoms with Crippen LogP contribution in [0, 0.1) is 5.82 Å². The number of amides is 1. The molecule has 0 unspecified atom stereocenters. The second-order valence-electron chi connectivity index (χ2n) is 6.83. The van der Waals surface area contributed by atoms with E-state index in [4.69, 9.17) is 9.47 Å². The number of rotatable bonds is 11. The Labute approximate surface area is 175 Å². The fraction of sp³-hybridized carbons (Fsp3) is 0.250. The van der Waals surface area contributed by atoms with Crippen LogP contribution in [0.25, 0.3) is 0 Å². The van der Waals surface area contributed by atoms with Gasteiger partial charge in [0.25, 0.3) is 0 Å². The molecule has 2 aromatic carbocycles. The molecule has 156 valence electrons. The van der Waals surface area contributed by atoms with Gasteiger partial charge in [-0.15, -0.1) is 0 Å². The molecule has 0 atom stereocenters. The number of benzene rings is 2. The molecule has 0 radical (unpaired) electrons. The van der Waals surface area contributed by atoms with E-state index in [1.807, 2.05) is 42.5 Å². The van der Waals surface area contributed by atoms with Crippen LogP contribution in [0.3, 0.4) is 0 Å². The zero-order chi connectivity index (χ0) is 21.0. The van der Waals surface area contributed by atoms with Crippen molar-refractivity contribution < 1.29 is 18.7 Å². The Morgan fingerprint density at radius 1 is 0.900 bits per heavy atom. The van der Waals surface area contributed by atoms with E-state index >= 15 is 0 Å². The standard InChI is InChI=1S/C24H25FN2O3/c25-21-5-3-4-20(16-21)18-30-23-9-7-22(8-10-23)29-15-2-1-6-24(28)27-17-19-11-13-26-14-12-19/h3-5,7-14,16H,1-2,6,15,17-18H2,(H,27,28). The number of unbranched alkanes of at least 4 members (excludes halogenated alkanes) is 1. The molecule has 3 aromatic rings. The third-order valence-corrected chi connectivity index (χ3v) is 4.42. The van der Waals surface area contributed by atoms with E-state index in [0.717, 1.165) is 29.7 Å². The third kappa shape index (κ3) is 7.54. The molecule has 1 amide bonds. The van der Waals surface area contributed by atoms with Gasteiger partial charge >= 0.3 is 0 Å². The monoisotopic (exact) mass is 408 g/mol. The predicted octanol–water partition coefficient (Wildman–Crippen LogP) is 4.67. The van der Waals surface area contributed by atoms with Crippen molar-refractivity contribution in [1.29, 1.82) is 0 Å². The summed E-state index contributed by atoms with van der Waals surface area (Å²) in [6, 6.07) is 17.4. The molecule has 0 spiro atoms. The summed E-state index contributed by atoms with van der Waals surface area (Å²) >= 11 is 0. The van der Waals surface area contributed by atoms with Gasteiger partial charge in [-0.2, -0.15) is 0 Å². The van der Waals surface area contributed by atoms with Crippen LogP contribution >= 0.6 is 0 Å². The molecular formula is C24H25FN2O3. The van der Waals surface area contributed by atoms with Crippen LogP contribution in [0.5, 0.6) is 11.5 Å². The predicted molar refractivity (Wildman–Crippen MR) is 113 cm³/mol. The molecule has 1 N–H and O–H groups in total. The number of aromatic nitrogens is 1. The fourth-order valence-corrected chi connectivity index (χ4v) is 2.79. The smallest absolute Gasteiger partial charge is 0.220 e. The molecule has 0 bridgehead atoms. The van der Waals surface area contributed by atoms with Gasteiger partial charge in [-0.3, -0.25) is 9.78 Å². The van der Waals surface area contributed by atoms with E-state index < -0.39 is 0 Å². The first-order chi connectivity index (χ1) is 14.7. The number of pyridine rings is 1. The lowest BCUT2D eigenvalue weighted by Gasteiger charge is -2.09. The van der Waals surface area contributed by atoms with Gasteiger partial charge in [0.1, 0.15) is 23.9 Å². The minimum atomic E-state index is -0.272. The van der Waals surface area contributed by atoms with Crippen molar-refractivity contribution in [3.8, 4) is 11.5 Å². The van der Waals surface area contributed by atoms with E-state index in [1.54, 1.807) is 18.5 Å². The van der Waals surface area contributed by atoms with Crippen molar-refractivity contribution in [2.75, 3.05) is 6.61 Å². The van der Waals surface area contributed by atoms with Gasteiger partial charge in [0, 0.05) is 25.4 Å². The van der Waals surface area contributed by atoms with E-state index in [2.05, 4.69) is 10.3 Å². The number of carbonyl (C=O) groups excluding carboxylic acids is 1. The van der Waals surface area contributed by atoms with E-state index in [9.17, 15) is 9.18 Å². The number of carbonyl (C=O) groups is 1. The second kappa shape index (κ2) is 11.6. The topological polar surface area (TPSA) is 60.5 Å². The van der Waals surface area contributed by atoms with Crippen LogP contribution < -0.4 is 14.8 Å². The number of ether oxygens (including phenoxy) is 2. The lowest BCUT2D eigenvalue weighted by Crippen LogP contribution is -2.22. The first kappa shape index (κ1) is 21.3. The van der Waals surface area contributed by atoms with Crippen LogP contribution in [-0.2, 0) is 17.9 Å². The lowest BCUT2D eigenvalue weighted by molar-refractivity contribution is -0.121. The highest BCUT2D eigenvalue weighted by Gasteiger charge is 2.03. The van der Waals surface area contributed by atoms with Crippen molar-refractivity contribution in [3.05, 3.63) is 90.0 Å². The number of nitrogens with one attached hydrogen (secondary N) is 1. The highest BCUT2D eigenvalue weighted by atomic mass is 19.1. The Bertz CT molecular complexity index is 917.